The van der Waals surface area contributed by atoms with Crippen molar-refractivity contribution in [3.05, 3.63) is 0 Å². The molecule has 14 heavy (non-hydrogen) atoms. The fourth-order valence-electron chi connectivity index (χ4n) is 0.123. The van der Waals surface area contributed by atoms with Crippen molar-refractivity contribution < 1.29 is 58.5 Å². The molecule has 0 radical (unpaired) electrons. The molecule has 0 aromatic rings. The zero-order valence-electron chi connectivity index (χ0n) is 7.09. The fraction of sp³-hybridized carbons (Fsp3) is 0.200. The van der Waals surface area contributed by atoms with Gasteiger partial charge in [0.25, 0.3) is 0 Å². The molecule has 0 heterocycles. The Labute approximate surface area is 89.3 Å². The van der Waals surface area contributed by atoms with Gasteiger partial charge in [0, 0.05) is 0 Å². The Balaban J connectivity index is -0.000000163. The Bertz CT molecular complexity index is 210. The number of carbonyl (C=O) groups is 4. The molecule has 3 N–H and O–H groups in total. The second-order valence-electron chi connectivity index (χ2n) is 1.55. The number of rotatable bonds is 2. The maximum absolute atomic E-state index is 9.39. The molecule has 0 bridgehead atoms. The Hall–Kier alpha value is -1.52. The number of carboxylic acid groups (broad SMARTS) is 4. The van der Waals surface area contributed by atoms with Crippen molar-refractivity contribution in [3.8, 4) is 0 Å². The first-order chi connectivity index (χ1) is 5.77. The van der Waals surface area contributed by atoms with Gasteiger partial charge in [-0.3, -0.25) is 4.79 Å². The van der Waals surface area contributed by atoms with Crippen LogP contribution >= 0.6 is 0 Å². The zero-order chi connectivity index (χ0) is 11.0. The van der Waals surface area contributed by atoms with Crippen molar-refractivity contribution >= 4 is 23.9 Å². The van der Waals surface area contributed by atoms with E-state index >= 15 is 0 Å². The molecule has 0 rings (SSSR count). The SMILES string of the molecule is O=C(O)C(=O)O.O=C([O-])CC(=O)O.[Li+]. The van der Waals surface area contributed by atoms with Gasteiger partial charge in [-0.05, 0) is 0 Å². The van der Waals surface area contributed by atoms with E-state index in [1.165, 1.54) is 0 Å². The van der Waals surface area contributed by atoms with Crippen LogP contribution in [-0.4, -0.2) is 39.2 Å². The molecule has 0 aliphatic rings. The van der Waals surface area contributed by atoms with Crippen molar-refractivity contribution in [3.63, 3.8) is 0 Å². The summed E-state index contributed by atoms with van der Waals surface area (Å²) in [5, 5.41) is 31.8. The van der Waals surface area contributed by atoms with Gasteiger partial charge in [-0.2, -0.15) is 0 Å². The summed E-state index contributed by atoms with van der Waals surface area (Å²) in [4.78, 5) is 36.9. The van der Waals surface area contributed by atoms with Crippen LogP contribution in [0, 0.1) is 0 Å². The standard InChI is InChI=1S/C3H4O4.C2H2O4.Li/c4-2(5)1-3(6)7;3-1(4)2(5)6;/h1H2,(H,4,5)(H,6,7);(H,3,4)(H,5,6);/q;;+1/p-1. The first-order valence-electron chi connectivity index (χ1n) is 2.65. The van der Waals surface area contributed by atoms with E-state index in [2.05, 4.69) is 0 Å². The summed E-state index contributed by atoms with van der Waals surface area (Å²) in [5.74, 6) is -6.59. The zero-order valence-corrected chi connectivity index (χ0v) is 7.09. The van der Waals surface area contributed by atoms with Gasteiger partial charge < -0.3 is 25.2 Å². The molecule has 8 nitrogen and oxygen atoms in total. The predicted molar refractivity (Wildman–Crippen MR) is 32.5 cm³/mol. The topological polar surface area (TPSA) is 152 Å². The molecule has 9 heteroatoms. The first kappa shape index (κ1) is 18.3. The van der Waals surface area contributed by atoms with Crippen LogP contribution in [0.15, 0.2) is 0 Å². The minimum atomic E-state index is -1.82. The molecule has 74 valence electrons. The van der Waals surface area contributed by atoms with Gasteiger partial charge in [0.05, 0.1) is 12.4 Å². The monoisotopic (exact) mass is 200 g/mol. The van der Waals surface area contributed by atoms with Crippen LogP contribution in [0.1, 0.15) is 6.42 Å². The van der Waals surface area contributed by atoms with E-state index in [0.717, 1.165) is 0 Å². The Morgan fingerprint density at radius 2 is 1.21 bits per heavy atom. The smallest absolute Gasteiger partial charge is 0.550 e. The van der Waals surface area contributed by atoms with E-state index < -0.39 is 30.3 Å². The van der Waals surface area contributed by atoms with Crippen molar-refractivity contribution in [2.75, 3.05) is 0 Å². The quantitative estimate of drug-likeness (QED) is 0.226. The second-order valence-corrected chi connectivity index (χ2v) is 1.55. The average Bonchev–Trinajstić information content (AvgIpc) is 1.84. The molecule has 0 aromatic carbocycles. The molecule has 0 unspecified atom stereocenters. The molecule has 0 spiro atoms. The minimum absolute atomic E-state index is 0. The van der Waals surface area contributed by atoms with E-state index in [1.54, 1.807) is 0 Å². The summed E-state index contributed by atoms with van der Waals surface area (Å²) < 4.78 is 0. The summed E-state index contributed by atoms with van der Waals surface area (Å²) >= 11 is 0. The maximum atomic E-state index is 9.39. The maximum Gasteiger partial charge on any atom is 1.00 e. The number of hydrogen-bond donors (Lipinski definition) is 3. The molecule has 0 aliphatic heterocycles. The molecule has 0 saturated carbocycles. The van der Waals surface area contributed by atoms with Crippen LogP contribution in [0.25, 0.3) is 0 Å². The van der Waals surface area contributed by atoms with E-state index in [1.807, 2.05) is 0 Å². The summed E-state index contributed by atoms with van der Waals surface area (Å²) in [6, 6.07) is 0. The van der Waals surface area contributed by atoms with Crippen LogP contribution < -0.4 is 24.0 Å². The number of hydrogen-bond acceptors (Lipinski definition) is 5. The van der Waals surface area contributed by atoms with Crippen LogP contribution in [0.5, 0.6) is 0 Å². The van der Waals surface area contributed by atoms with Crippen LogP contribution in [0.4, 0.5) is 0 Å². The third-order valence-corrected chi connectivity index (χ3v) is 0.479. The summed E-state index contributed by atoms with van der Waals surface area (Å²) in [7, 11) is 0. The molecule has 0 aromatic heterocycles. The second kappa shape index (κ2) is 9.56. The van der Waals surface area contributed by atoms with Crippen molar-refractivity contribution in [1.29, 1.82) is 0 Å². The van der Waals surface area contributed by atoms with Gasteiger partial charge in [0.2, 0.25) is 0 Å². The minimum Gasteiger partial charge on any atom is -0.550 e. The van der Waals surface area contributed by atoms with Gasteiger partial charge in [-0.1, -0.05) is 0 Å². The normalized spacial score (nSPS) is 7.14. The van der Waals surface area contributed by atoms with Gasteiger partial charge in [-0.25, -0.2) is 9.59 Å². The van der Waals surface area contributed by atoms with E-state index in [4.69, 9.17) is 24.9 Å². The summed E-state index contributed by atoms with van der Waals surface area (Å²) in [5.41, 5.74) is 0. The van der Waals surface area contributed by atoms with E-state index in [0.29, 0.717) is 0 Å². The molecular weight excluding hydrogens is 195 g/mol. The first-order valence-corrected chi connectivity index (χ1v) is 2.65. The van der Waals surface area contributed by atoms with Crippen molar-refractivity contribution in [2.24, 2.45) is 0 Å². The Morgan fingerprint density at radius 3 is 1.21 bits per heavy atom. The largest absolute Gasteiger partial charge is 1.00 e. The summed E-state index contributed by atoms with van der Waals surface area (Å²) in [6.45, 7) is 0. The molecule has 0 aliphatic carbocycles. The van der Waals surface area contributed by atoms with Crippen molar-refractivity contribution in [1.82, 2.24) is 0 Å². The molecule has 0 fully saturated rings. The van der Waals surface area contributed by atoms with Crippen LogP contribution in [-0.2, 0) is 19.2 Å². The molecule has 0 atom stereocenters. The molecule has 0 amide bonds. The third-order valence-electron chi connectivity index (χ3n) is 0.479. The predicted octanol–water partition coefficient (Wildman–Crippen LogP) is -5.63. The number of aliphatic carboxylic acids is 4. The van der Waals surface area contributed by atoms with E-state index in [9.17, 15) is 14.7 Å². The van der Waals surface area contributed by atoms with Crippen LogP contribution in [0.2, 0.25) is 0 Å². The number of carboxylic acids is 4. The Morgan fingerprint density at radius 1 is 0.929 bits per heavy atom. The van der Waals surface area contributed by atoms with Crippen molar-refractivity contribution in [2.45, 2.75) is 6.42 Å². The third kappa shape index (κ3) is 22.4. The molecule has 0 saturated heterocycles. The summed E-state index contributed by atoms with van der Waals surface area (Å²) in [6.07, 6.45) is -0.917. The Kier molecular flexibility index (Phi) is 12.5. The van der Waals surface area contributed by atoms with Gasteiger partial charge in [0.1, 0.15) is 0 Å². The van der Waals surface area contributed by atoms with Crippen LogP contribution in [0.3, 0.4) is 0 Å². The average molecular weight is 200 g/mol. The van der Waals surface area contributed by atoms with Gasteiger partial charge in [0.15, 0.2) is 0 Å². The van der Waals surface area contributed by atoms with Gasteiger partial charge >= 0.3 is 36.8 Å². The van der Waals surface area contributed by atoms with Gasteiger partial charge in [-0.15, -0.1) is 0 Å². The molecular formula is C5H5LiO8. The fourth-order valence-corrected chi connectivity index (χ4v) is 0.123. The number of carbonyl (C=O) groups excluding carboxylic acids is 1. The van der Waals surface area contributed by atoms with E-state index in [-0.39, 0.29) is 18.9 Å².